The van der Waals surface area contributed by atoms with E-state index in [0.29, 0.717) is 0 Å². The zero-order valence-electron chi connectivity index (χ0n) is 13.7. The molecule has 0 spiro atoms. The summed E-state index contributed by atoms with van der Waals surface area (Å²) >= 11 is 0. The minimum atomic E-state index is 0.786. The second kappa shape index (κ2) is 6.61. The van der Waals surface area contributed by atoms with Crippen LogP contribution in [0.25, 0.3) is 0 Å². The highest BCUT2D eigenvalue weighted by Crippen LogP contribution is 2.35. The lowest BCUT2D eigenvalue weighted by molar-refractivity contribution is 0.0760. The lowest BCUT2D eigenvalue weighted by atomic mass is 9.75. The zero-order chi connectivity index (χ0) is 14.8. The van der Waals surface area contributed by atoms with Gasteiger partial charge in [-0.05, 0) is 50.5 Å². The van der Waals surface area contributed by atoms with E-state index in [1.54, 1.807) is 0 Å². The number of rotatable bonds is 4. The molecule has 4 rings (SSSR count). The summed E-state index contributed by atoms with van der Waals surface area (Å²) in [6, 6.07) is 2.15. The summed E-state index contributed by atoms with van der Waals surface area (Å²) in [6.45, 7) is 5.48. The molecule has 1 saturated heterocycles. The molecule has 1 aromatic rings. The fraction of sp³-hybridized carbons (Fsp3) is 0.833. The summed E-state index contributed by atoms with van der Waals surface area (Å²) in [5.74, 6) is 2.82. The van der Waals surface area contributed by atoms with E-state index in [0.717, 1.165) is 43.8 Å². The van der Waals surface area contributed by atoms with Crippen molar-refractivity contribution in [3.05, 3.63) is 11.8 Å². The molecule has 122 valence electrons. The third kappa shape index (κ3) is 3.17. The van der Waals surface area contributed by atoms with Crippen LogP contribution < -0.4 is 4.74 Å². The Morgan fingerprint density at radius 3 is 2.86 bits per heavy atom. The van der Waals surface area contributed by atoms with Crippen LogP contribution in [0.5, 0.6) is 5.88 Å². The van der Waals surface area contributed by atoms with Gasteiger partial charge >= 0.3 is 0 Å². The van der Waals surface area contributed by atoms with Crippen LogP contribution >= 0.6 is 0 Å². The summed E-state index contributed by atoms with van der Waals surface area (Å²) in [7, 11) is 0. The van der Waals surface area contributed by atoms with Crippen molar-refractivity contribution in [1.29, 1.82) is 0 Å². The topological polar surface area (TPSA) is 30.3 Å². The van der Waals surface area contributed by atoms with Crippen molar-refractivity contribution in [1.82, 2.24) is 14.7 Å². The number of aryl methyl sites for hydroxylation is 2. The van der Waals surface area contributed by atoms with Crippen LogP contribution in [-0.4, -0.2) is 40.9 Å². The van der Waals surface area contributed by atoms with Crippen LogP contribution in [0.2, 0.25) is 0 Å². The summed E-state index contributed by atoms with van der Waals surface area (Å²) in [5, 5.41) is 4.57. The molecule has 2 aliphatic heterocycles. The number of aromatic nitrogens is 2. The molecule has 4 heteroatoms. The van der Waals surface area contributed by atoms with Gasteiger partial charge in [-0.2, -0.15) is 0 Å². The standard InChI is InChI=1S/C18H29N3O/c1-2-6-16-14-20(10-8-15(16)5-1)11-12-22-18-13-17-7-3-4-9-21(17)19-18/h13,15-16H,1-12,14H2/t15-,16-/m1/s1. The van der Waals surface area contributed by atoms with Gasteiger partial charge < -0.3 is 4.74 Å². The highest BCUT2D eigenvalue weighted by Gasteiger charge is 2.30. The summed E-state index contributed by atoms with van der Waals surface area (Å²) < 4.78 is 8.06. The molecule has 1 aliphatic carbocycles. The van der Waals surface area contributed by atoms with E-state index < -0.39 is 0 Å². The Bertz CT molecular complexity index is 475. The smallest absolute Gasteiger partial charge is 0.233 e. The van der Waals surface area contributed by atoms with Crippen LogP contribution in [0.15, 0.2) is 6.07 Å². The second-order valence-electron chi connectivity index (χ2n) is 7.40. The predicted octanol–water partition coefficient (Wildman–Crippen LogP) is 3.11. The molecule has 1 saturated carbocycles. The maximum absolute atomic E-state index is 5.92. The van der Waals surface area contributed by atoms with Gasteiger partial charge in [-0.25, -0.2) is 0 Å². The Hall–Kier alpha value is -1.03. The van der Waals surface area contributed by atoms with Crippen molar-refractivity contribution in [2.24, 2.45) is 11.8 Å². The first-order valence-corrected chi connectivity index (χ1v) is 9.30. The molecular weight excluding hydrogens is 274 g/mol. The van der Waals surface area contributed by atoms with Crippen molar-refractivity contribution >= 4 is 0 Å². The fourth-order valence-corrected chi connectivity index (χ4v) is 4.62. The lowest BCUT2D eigenvalue weighted by Crippen LogP contribution is -2.43. The number of ether oxygens (including phenoxy) is 1. The minimum absolute atomic E-state index is 0.786. The van der Waals surface area contributed by atoms with Crippen molar-refractivity contribution in [3.63, 3.8) is 0 Å². The lowest BCUT2D eigenvalue weighted by Gasteiger charge is -2.41. The van der Waals surface area contributed by atoms with E-state index in [4.69, 9.17) is 4.74 Å². The quantitative estimate of drug-likeness (QED) is 0.856. The normalized spacial score (nSPS) is 28.9. The van der Waals surface area contributed by atoms with Gasteiger partial charge in [0.1, 0.15) is 6.61 Å². The average Bonchev–Trinajstić information content (AvgIpc) is 2.97. The number of hydrogen-bond donors (Lipinski definition) is 0. The Balaban J connectivity index is 1.24. The van der Waals surface area contributed by atoms with Gasteiger partial charge in [-0.15, -0.1) is 5.10 Å². The Kier molecular flexibility index (Phi) is 4.37. The van der Waals surface area contributed by atoms with Gasteiger partial charge in [0.05, 0.1) is 0 Å². The average molecular weight is 303 g/mol. The van der Waals surface area contributed by atoms with Crippen molar-refractivity contribution in [3.8, 4) is 5.88 Å². The molecule has 1 aromatic heterocycles. The predicted molar refractivity (Wildman–Crippen MR) is 87.2 cm³/mol. The first-order chi connectivity index (χ1) is 10.9. The molecule has 2 fully saturated rings. The minimum Gasteiger partial charge on any atom is -0.475 e. The van der Waals surface area contributed by atoms with Crippen LogP contribution in [-0.2, 0) is 13.0 Å². The van der Waals surface area contributed by atoms with Gasteiger partial charge in [0.2, 0.25) is 5.88 Å². The Morgan fingerprint density at radius 2 is 1.95 bits per heavy atom. The summed E-state index contributed by atoms with van der Waals surface area (Å²) in [5.41, 5.74) is 1.35. The molecule has 4 nitrogen and oxygen atoms in total. The monoisotopic (exact) mass is 303 g/mol. The highest BCUT2D eigenvalue weighted by molar-refractivity contribution is 5.16. The maximum atomic E-state index is 5.92. The number of piperidine rings is 1. The first-order valence-electron chi connectivity index (χ1n) is 9.30. The van der Waals surface area contributed by atoms with Gasteiger partial charge in [0, 0.05) is 31.4 Å². The zero-order valence-corrected chi connectivity index (χ0v) is 13.7. The fourth-order valence-electron chi connectivity index (χ4n) is 4.62. The Morgan fingerprint density at radius 1 is 1.05 bits per heavy atom. The van der Waals surface area contributed by atoms with Gasteiger partial charge in [-0.1, -0.05) is 19.3 Å². The second-order valence-corrected chi connectivity index (χ2v) is 7.40. The molecule has 3 heterocycles. The highest BCUT2D eigenvalue weighted by atomic mass is 16.5. The van der Waals surface area contributed by atoms with Gasteiger partial charge in [-0.3, -0.25) is 9.58 Å². The SMILES string of the molecule is c1c(OCCN2CC[C@H]3CCCC[C@@H]3C2)nn2c1CCCC2. The van der Waals surface area contributed by atoms with E-state index in [9.17, 15) is 0 Å². The number of nitrogens with zero attached hydrogens (tertiary/aromatic N) is 3. The maximum Gasteiger partial charge on any atom is 0.233 e. The third-order valence-electron chi connectivity index (χ3n) is 5.93. The van der Waals surface area contributed by atoms with E-state index in [1.807, 2.05) is 0 Å². The molecule has 0 unspecified atom stereocenters. The molecule has 0 N–H and O–H groups in total. The summed E-state index contributed by atoms with van der Waals surface area (Å²) in [4.78, 5) is 2.61. The van der Waals surface area contributed by atoms with Crippen LogP contribution in [0, 0.1) is 11.8 Å². The van der Waals surface area contributed by atoms with Crippen LogP contribution in [0.3, 0.4) is 0 Å². The van der Waals surface area contributed by atoms with E-state index >= 15 is 0 Å². The number of hydrogen-bond acceptors (Lipinski definition) is 3. The number of likely N-dealkylation sites (tertiary alicyclic amines) is 1. The van der Waals surface area contributed by atoms with Gasteiger partial charge in [0.15, 0.2) is 0 Å². The molecule has 2 atom stereocenters. The van der Waals surface area contributed by atoms with Crippen molar-refractivity contribution in [2.75, 3.05) is 26.2 Å². The van der Waals surface area contributed by atoms with Crippen LogP contribution in [0.4, 0.5) is 0 Å². The summed E-state index contributed by atoms with van der Waals surface area (Å²) in [6.07, 6.45) is 11.0. The largest absolute Gasteiger partial charge is 0.475 e. The first kappa shape index (κ1) is 14.6. The molecule has 22 heavy (non-hydrogen) atoms. The molecular formula is C18H29N3O. The van der Waals surface area contributed by atoms with E-state index in [2.05, 4.69) is 20.7 Å². The van der Waals surface area contributed by atoms with Crippen LogP contribution in [0.1, 0.15) is 50.6 Å². The number of fused-ring (bicyclic) bond motifs is 2. The Labute approximate surface area is 133 Å². The molecule has 0 aromatic carbocycles. The molecule has 0 amide bonds. The molecule has 0 bridgehead atoms. The third-order valence-corrected chi connectivity index (χ3v) is 5.93. The van der Waals surface area contributed by atoms with Gasteiger partial charge in [0.25, 0.3) is 0 Å². The van der Waals surface area contributed by atoms with E-state index in [1.165, 1.54) is 63.7 Å². The van der Waals surface area contributed by atoms with Crippen molar-refractivity contribution in [2.45, 2.75) is 57.9 Å². The van der Waals surface area contributed by atoms with E-state index in [-0.39, 0.29) is 0 Å². The molecule has 0 radical (unpaired) electrons. The van der Waals surface area contributed by atoms with Crippen molar-refractivity contribution < 1.29 is 4.74 Å². The molecule has 3 aliphatic rings.